The molecule has 23 heavy (non-hydrogen) atoms. The van der Waals surface area contributed by atoms with Gasteiger partial charge in [-0.1, -0.05) is 45.9 Å². The number of aliphatic hydroxyl groups is 1. The van der Waals surface area contributed by atoms with Gasteiger partial charge in [0, 0.05) is 11.6 Å². The molecule has 134 valence electrons. The van der Waals surface area contributed by atoms with Crippen LogP contribution in [0.15, 0.2) is 18.2 Å². The average molecular weight is 331 g/mol. The molecular weight excluding hydrogens is 300 g/mol. The van der Waals surface area contributed by atoms with Gasteiger partial charge in [-0.3, -0.25) is 0 Å². The van der Waals surface area contributed by atoms with Crippen LogP contribution in [0.25, 0.3) is 0 Å². The molecule has 0 radical (unpaired) electrons. The third-order valence-electron chi connectivity index (χ3n) is 2.87. The molecule has 1 atom stereocenters. The van der Waals surface area contributed by atoms with Crippen LogP contribution in [0, 0.1) is 12.3 Å². The van der Waals surface area contributed by atoms with Gasteiger partial charge in [-0.25, -0.2) is 0 Å². The van der Waals surface area contributed by atoms with E-state index in [4.69, 9.17) is 9.90 Å². The fourth-order valence-corrected chi connectivity index (χ4v) is 1.76. The third kappa shape index (κ3) is 9.41. The number of benzene rings is 1. The Labute approximate surface area is 139 Å². The largest absolute Gasteiger partial charge is 0.390 e. The van der Waals surface area contributed by atoms with Gasteiger partial charge in [0.25, 0.3) is 5.92 Å². The number of carbonyl (C=O) groups is 1. The average Bonchev–Trinajstić information content (AvgIpc) is 2.47. The van der Waals surface area contributed by atoms with E-state index >= 15 is 0 Å². The minimum atomic E-state index is -3.17. The number of carbonyl (C=O) groups excluding carboxylic acids is 1. The van der Waals surface area contributed by atoms with Gasteiger partial charge in [0.2, 0.25) is 0 Å². The van der Waals surface area contributed by atoms with Crippen LogP contribution >= 0.6 is 0 Å². The van der Waals surface area contributed by atoms with Gasteiger partial charge in [0.05, 0.1) is 0 Å². The fourth-order valence-electron chi connectivity index (χ4n) is 1.76. The molecular formula is C18H31F2NO2. The quantitative estimate of drug-likeness (QED) is 0.868. The van der Waals surface area contributed by atoms with Crippen LogP contribution in [0.5, 0.6) is 0 Å². The van der Waals surface area contributed by atoms with E-state index in [0.717, 1.165) is 5.56 Å². The molecule has 0 heterocycles. The van der Waals surface area contributed by atoms with Crippen LogP contribution in [-0.2, 0) is 10.7 Å². The number of hydrogen-bond donors (Lipinski definition) is 2. The van der Waals surface area contributed by atoms with Crippen LogP contribution in [0.2, 0.25) is 0 Å². The summed E-state index contributed by atoms with van der Waals surface area (Å²) in [6.07, 6.45) is 0. The highest BCUT2D eigenvalue weighted by Crippen LogP contribution is 2.32. The summed E-state index contributed by atoms with van der Waals surface area (Å²) in [5, 5.41) is 11.7. The summed E-state index contributed by atoms with van der Waals surface area (Å²) in [4.78, 5) is 8.00. The highest BCUT2D eigenvalue weighted by Gasteiger charge is 2.32. The molecule has 0 aromatic heterocycles. The molecule has 0 spiro atoms. The molecule has 2 N–H and O–H groups in total. The maximum atomic E-state index is 13.4. The van der Waals surface area contributed by atoms with Crippen LogP contribution in [0.4, 0.5) is 8.78 Å². The Hall–Kier alpha value is -1.33. The second-order valence-corrected chi connectivity index (χ2v) is 6.89. The van der Waals surface area contributed by atoms with Crippen molar-refractivity contribution in [1.82, 2.24) is 5.32 Å². The van der Waals surface area contributed by atoms with Crippen molar-refractivity contribution >= 4 is 6.79 Å². The SMILES string of the molecule is C=O.CC(C)(C)C.CNC(C)c1cccc(C(F)(F)CO)c1C. The van der Waals surface area contributed by atoms with Crippen LogP contribution in [0.1, 0.15) is 57.4 Å². The van der Waals surface area contributed by atoms with E-state index in [1.54, 1.807) is 20.0 Å². The second kappa shape index (κ2) is 10.4. The predicted molar refractivity (Wildman–Crippen MR) is 91.9 cm³/mol. The van der Waals surface area contributed by atoms with E-state index in [1.165, 1.54) is 6.07 Å². The fraction of sp³-hybridized carbons (Fsp3) is 0.611. The summed E-state index contributed by atoms with van der Waals surface area (Å²) in [5.74, 6) is -3.17. The van der Waals surface area contributed by atoms with Crippen molar-refractivity contribution in [2.24, 2.45) is 5.41 Å². The highest BCUT2D eigenvalue weighted by molar-refractivity contribution is 5.38. The van der Waals surface area contributed by atoms with Gasteiger partial charge < -0.3 is 15.2 Å². The van der Waals surface area contributed by atoms with Gasteiger partial charge in [-0.2, -0.15) is 8.78 Å². The number of alkyl halides is 2. The maximum Gasteiger partial charge on any atom is 0.296 e. The molecule has 0 amide bonds. The lowest BCUT2D eigenvalue weighted by atomic mass is 9.94. The zero-order chi connectivity index (χ0) is 18.8. The van der Waals surface area contributed by atoms with E-state index in [9.17, 15) is 8.78 Å². The van der Waals surface area contributed by atoms with Crippen molar-refractivity contribution in [3.63, 3.8) is 0 Å². The van der Waals surface area contributed by atoms with E-state index in [1.807, 2.05) is 19.8 Å². The lowest BCUT2D eigenvalue weighted by Gasteiger charge is -2.21. The number of nitrogens with one attached hydrogen (secondary N) is 1. The number of aliphatic hydroxyl groups excluding tert-OH is 1. The number of hydrogen-bond acceptors (Lipinski definition) is 3. The minimum Gasteiger partial charge on any atom is -0.390 e. The molecule has 1 aromatic rings. The lowest BCUT2D eigenvalue weighted by Crippen LogP contribution is -2.22. The van der Waals surface area contributed by atoms with Crippen LogP contribution < -0.4 is 5.32 Å². The summed E-state index contributed by atoms with van der Waals surface area (Å²) >= 11 is 0. The zero-order valence-electron chi connectivity index (χ0n) is 15.3. The first-order chi connectivity index (χ1) is 10.4. The molecule has 0 saturated carbocycles. The minimum absolute atomic E-state index is 0.00874. The summed E-state index contributed by atoms with van der Waals surface area (Å²) in [6, 6.07) is 4.77. The Morgan fingerprint density at radius 1 is 1.22 bits per heavy atom. The number of rotatable bonds is 4. The molecule has 5 heteroatoms. The lowest BCUT2D eigenvalue weighted by molar-refractivity contribution is -0.0980. The predicted octanol–water partition coefficient (Wildman–Crippen LogP) is 4.23. The Balaban J connectivity index is 0. The first kappa shape index (κ1) is 23.9. The smallest absolute Gasteiger partial charge is 0.296 e. The molecule has 1 aromatic carbocycles. The van der Waals surface area contributed by atoms with Crippen molar-refractivity contribution < 1.29 is 18.7 Å². The first-order valence-electron chi connectivity index (χ1n) is 7.49. The third-order valence-corrected chi connectivity index (χ3v) is 2.87. The highest BCUT2D eigenvalue weighted by atomic mass is 19.3. The van der Waals surface area contributed by atoms with E-state index in [-0.39, 0.29) is 11.6 Å². The van der Waals surface area contributed by atoms with Crippen molar-refractivity contribution in [3.8, 4) is 0 Å². The molecule has 1 unspecified atom stereocenters. The van der Waals surface area contributed by atoms with Crippen LogP contribution in [-0.4, -0.2) is 25.6 Å². The Morgan fingerprint density at radius 2 is 1.65 bits per heavy atom. The zero-order valence-corrected chi connectivity index (χ0v) is 15.3. The standard InChI is InChI=1S/C12H17F2NO.C5H12.CH2O/c1-8-10(9(2)15-3)5-4-6-11(8)12(13,14)7-16;1-5(2,3)4;1-2/h4-6,9,15-16H,7H2,1-3H3;1-4H3;1H2. The molecule has 0 aliphatic rings. The summed E-state index contributed by atoms with van der Waals surface area (Å²) in [5.41, 5.74) is 1.76. The Morgan fingerprint density at radius 3 is 2.00 bits per heavy atom. The maximum absolute atomic E-state index is 13.4. The monoisotopic (exact) mass is 331 g/mol. The second-order valence-electron chi connectivity index (χ2n) is 6.89. The molecule has 0 fully saturated rings. The van der Waals surface area contributed by atoms with E-state index < -0.39 is 12.5 Å². The first-order valence-corrected chi connectivity index (χ1v) is 7.49. The Bertz CT molecular complexity index is 451. The van der Waals surface area contributed by atoms with Crippen molar-refractivity contribution in [1.29, 1.82) is 0 Å². The molecule has 1 rings (SSSR count). The Kier molecular flexibility index (Phi) is 10.9. The van der Waals surface area contributed by atoms with Crippen molar-refractivity contribution in [3.05, 3.63) is 34.9 Å². The van der Waals surface area contributed by atoms with Crippen LogP contribution in [0.3, 0.4) is 0 Å². The summed E-state index contributed by atoms with van der Waals surface area (Å²) in [6.45, 7) is 13.1. The summed E-state index contributed by atoms with van der Waals surface area (Å²) in [7, 11) is 1.78. The van der Waals surface area contributed by atoms with Gasteiger partial charge >= 0.3 is 0 Å². The van der Waals surface area contributed by atoms with Gasteiger partial charge in [-0.15, -0.1) is 0 Å². The van der Waals surface area contributed by atoms with Gasteiger partial charge in [-0.05, 0) is 37.4 Å². The van der Waals surface area contributed by atoms with Gasteiger partial charge in [0.1, 0.15) is 13.4 Å². The van der Waals surface area contributed by atoms with E-state index in [0.29, 0.717) is 11.0 Å². The molecule has 0 bridgehead atoms. The topological polar surface area (TPSA) is 49.3 Å². The molecule has 0 aliphatic carbocycles. The molecule has 0 saturated heterocycles. The van der Waals surface area contributed by atoms with Gasteiger partial charge in [0.15, 0.2) is 0 Å². The molecule has 0 aliphatic heterocycles. The number of halogens is 2. The normalized spacial score (nSPS) is 12.4. The summed E-state index contributed by atoms with van der Waals surface area (Å²) < 4.78 is 26.8. The van der Waals surface area contributed by atoms with Crippen molar-refractivity contribution in [2.45, 2.75) is 53.5 Å². The molecule has 3 nitrogen and oxygen atoms in total. The van der Waals surface area contributed by atoms with Crippen molar-refractivity contribution in [2.75, 3.05) is 13.7 Å². The van der Waals surface area contributed by atoms with E-state index in [2.05, 4.69) is 33.0 Å².